The third-order valence-corrected chi connectivity index (χ3v) is 4.94. The predicted molar refractivity (Wildman–Crippen MR) is 109 cm³/mol. The van der Waals surface area contributed by atoms with Crippen LogP contribution in [0.1, 0.15) is 5.56 Å². The number of para-hydroxylation sites is 1. The zero-order chi connectivity index (χ0) is 19.9. The van der Waals surface area contributed by atoms with Crippen LogP contribution in [0.5, 0.6) is 0 Å². The molecule has 0 atom stereocenters. The fraction of sp³-hybridized carbons (Fsp3) is 0.238. The number of esters is 1. The first kappa shape index (κ1) is 20.1. The van der Waals surface area contributed by atoms with Crippen molar-refractivity contribution in [1.29, 1.82) is 0 Å². The Hall–Kier alpha value is -2.67. The minimum atomic E-state index is -0.685. The van der Waals surface area contributed by atoms with E-state index < -0.39 is 11.8 Å². The lowest BCUT2D eigenvalue weighted by atomic mass is 10.2. The van der Waals surface area contributed by atoms with Crippen molar-refractivity contribution < 1.29 is 18.7 Å². The Labute approximate surface area is 171 Å². The van der Waals surface area contributed by atoms with Gasteiger partial charge in [0, 0.05) is 48.0 Å². The van der Waals surface area contributed by atoms with Gasteiger partial charge in [-0.1, -0.05) is 34.1 Å². The number of rotatable bonds is 5. The van der Waals surface area contributed by atoms with Gasteiger partial charge in [-0.15, -0.1) is 0 Å². The van der Waals surface area contributed by atoms with Crippen LogP contribution in [0.2, 0.25) is 0 Å². The van der Waals surface area contributed by atoms with Gasteiger partial charge in [-0.25, -0.2) is 9.18 Å². The van der Waals surface area contributed by atoms with Crippen molar-refractivity contribution in [1.82, 2.24) is 4.90 Å². The van der Waals surface area contributed by atoms with E-state index >= 15 is 0 Å². The Morgan fingerprint density at radius 2 is 1.79 bits per heavy atom. The van der Waals surface area contributed by atoms with Crippen molar-refractivity contribution in [2.24, 2.45) is 0 Å². The van der Waals surface area contributed by atoms with Gasteiger partial charge in [0.2, 0.25) is 0 Å². The van der Waals surface area contributed by atoms with E-state index in [1.54, 1.807) is 17.0 Å². The first-order valence-electron chi connectivity index (χ1n) is 8.90. The molecule has 0 radical (unpaired) electrons. The Balaban J connectivity index is 1.45. The van der Waals surface area contributed by atoms with Gasteiger partial charge < -0.3 is 14.5 Å². The zero-order valence-electron chi connectivity index (χ0n) is 15.2. The van der Waals surface area contributed by atoms with Gasteiger partial charge in [-0.3, -0.25) is 4.79 Å². The summed E-state index contributed by atoms with van der Waals surface area (Å²) in [5.74, 6) is -1.36. The van der Waals surface area contributed by atoms with Gasteiger partial charge in [0.1, 0.15) is 5.82 Å². The molecular weight excluding hydrogens is 427 g/mol. The SMILES string of the molecule is O=C(/C=C/c1cc(Br)ccc1F)OCC(=O)N1CCN(c2ccccc2)CC1. The Kier molecular flexibility index (Phi) is 6.81. The van der Waals surface area contributed by atoms with Gasteiger partial charge >= 0.3 is 5.97 Å². The molecule has 146 valence electrons. The van der Waals surface area contributed by atoms with Crippen molar-refractivity contribution >= 4 is 39.6 Å². The second kappa shape index (κ2) is 9.50. The number of amides is 1. The van der Waals surface area contributed by atoms with E-state index in [0.717, 1.165) is 24.9 Å². The van der Waals surface area contributed by atoms with Crippen LogP contribution >= 0.6 is 15.9 Å². The standard InChI is InChI=1S/C21H20BrFN2O3/c22-17-7-8-19(23)16(14-17)6-9-21(27)28-15-20(26)25-12-10-24(11-13-25)18-4-2-1-3-5-18/h1-9,14H,10-13,15H2/b9-6+. The minimum Gasteiger partial charge on any atom is -0.452 e. The van der Waals surface area contributed by atoms with E-state index in [-0.39, 0.29) is 18.1 Å². The molecule has 0 bridgehead atoms. The van der Waals surface area contributed by atoms with E-state index in [9.17, 15) is 14.0 Å². The summed E-state index contributed by atoms with van der Waals surface area (Å²) in [4.78, 5) is 28.0. The monoisotopic (exact) mass is 446 g/mol. The lowest BCUT2D eigenvalue weighted by Gasteiger charge is -2.36. The molecule has 0 aliphatic carbocycles. The van der Waals surface area contributed by atoms with E-state index in [1.807, 2.05) is 30.3 Å². The molecule has 5 nitrogen and oxygen atoms in total. The highest BCUT2D eigenvalue weighted by molar-refractivity contribution is 9.10. The molecule has 1 heterocycles. The molecule has 1 saturated heterocycles. The maximum Gasteiger partial charge on any atom is 0.331 e. The second-order valence-electron chi connectivity index (χ2n) is 6.31. The number of anilines is 1. The van der Waals surface area contributed by atoms with Crippen molar-refractivity contribution in [3.8, 4) is 0 Å². The molecule has 1 aliphatic rings. The van der Waals surface area contributed by atoms with Crippen LogP contribution in [0.25, 0.3) is 6.08 Å². The second-order valence-corrected chi connectivity index (χ2v) is 7.23. The first-order chi connectivity index (χ1) is 13.5. The molecule has 0 spiro atoms. The normalized spacial score (nSPS) is 14.4. The Bertz CT molecular complexity index is 865. The molecule has 7 heteroatoms. The van der Waals surface area contributed by atoms with Crippen LogP contribution in [0.3, 0.4) is 0 Å². The Morgan fingerprint density at radius 1 is 1.07 bits per heavy atom. The zero-order valence-corrected chi connectivity index (χ0v) is 16.8. The molecule has 1 aliphatic heterocycles. The molecule has 3 rings (SSSR count). The Morgan fingerprint density at radius 3 is 2.50 bits per heavy atom. The number of hydrogen-bond donors (Lipinski definition) is 0. The summed E-state index contributed by atoms with van der Waals surface area (Å²) in [7, 11) is 0. The topological polar surface area (TPSA) is 49.9 Å². The fourth-order valence-corrected chi connectivity index (χ4v) is 3.30. The summed E-state index contributed by atoms with van der Waals surface area (Å²) >= 11 is 3.25. The van der Waals surface area contributed by atoms with E-state index in [0.29, 0.717) is 17.6 Å². The molecule has 0 aromatic heterocycles. The maximum absolute atomic E-state index is 13.6. The minimum absolute atomic E-state index is 0.233. The van der Waals surface area contributed by atoms with Crippen LogP contribution in [0.4, 0.5) is 10.1 Å². The van der Waals surface area contributed by atoms with Gasteiger partial charge in [0.15, 0.2) is 6.61 Å². The molecule has 0 unspecified atom stereocenters. The number of ether oxygens (including phenoxy) is 1. The summed E-state index contributed by atoms with van der Waals surface area (Å²) in [6, 6.07) is 14.4. The lowest BCUT2D eigenvalue weighted by molar-refractivity contribution is -0.148. The van der Waals surface area contributed by atoms with Crippen LogP contribution in [0, 0.1) is 5.82 Å². The average Bonchev–Trinajstić information content (AvgIpc) is 2.73. The maximum atomic E-state index is 13.6. The highest BCUT2D eigenvalue weighted by Gasteiger charge is 2.21. The molecule has 0 N–H and O–H groups in total. The highest BCUT2D eigenvalue weighted by Crippen LogP contribution is 2.17. The lowest BCUT2D eigenvalue weighted by Crippen LogP contribution is -2.49. The number of nitrogens with zero attached hydrogens (tertiary/aromatic N) is 2. The van der Waals surface area contributed by atoms with Crippen LogP contribution in [-0.2, 0) is 14.3 Å². The van der Waals surface area contributed by atoms with Gasteiger partial charge in [0.05, 0.1) is 0 Å². The van der Waals surface area contributed by atoms with Crippen LogP contribution in [0.15, 0.2) is 59.1 Å². The molecule has 0 saturated carbocycles. The molecule has 1 amide bonds. The van der Waals surface area contributed by atoms with Crippen LogP contribution < -0.4 is 4.90 Å². The van der Waals surface area contributed by atoms with Crippen LogP contribution in [-0.4, -0.2) is 49.6 Å². The number of carbonyl (C=O) groups excluding carboxylic acids is 2. The summed E-state index contributed by atoms with van der Waals surface area (Å²) in [6.45, 7) is 2.28. The quantitative estimate of drug-likeness (QED) is 0.520. The summed E-state index contributed by atoms with van der Waals surface area (Å²) in [5.41, 5.74) is 1.39. The third kappa shape index (κ3) is 5.42. The molecule has 2 aromatic rings. The van der Waals surface area contributed by atoms with Crippen molar-refractivity contribution in [3.05, 3.63) is 70.5 Å². The fourth-order valence-electron chi connectivity index (χ4n) is 2.93. The van der Waals surface area contributed by atoms with E-state index in [2.05, 4.69) is 20.8 Å². The van der Waals surface area contributed by atoms with Gasteiger partial charge in [-0.05, 0) is 36.4 Å². The van der Waals surface area contributed by atoms with Gasteiger partial charge in [-0.2, -0.15) is 0 Å². The number of benzene rings is 2. The smallest absolute Gasteiger partial charge is 0.331 e. The molecule has 28 heavy (non-hydrogen) atoms. The number of hydrogen-bond acceptors (Lipinski definition) is 4. The summed E-state index contributed by atoms with van der Waals surface area (Å²) in [6.07, 6.45) is 2.44. The summed E-state index contributed by atoms with van der Waals surface area (Å²) in [5, 5.41) is 0. The predicted octanol–water partition coefficient (Wildman–Crippen LogP) is 3.49. The number of piperazine rings is 1. The molecule has 2 aromatic carbocycles. The largest absolute Gasteiger partial charge is 0.452 e. The molecule has 1 fully saturated rings. The first-order valence-corrected chi connectivity index (χ1v) is 9.70. The number of carbonyl (C=O) groups is 2. The van der Waals surface area contributed by atoms with E-state index in [4.69, 9.17) is 4.74 Å². The number of halogens is 2. The average molecular weight is 447 g/mol. The molecular formula is C21H20BrFN2O3. The van der Waals surface area contributed by atoms with Crippen molar-refractivity contribution in [3.63, 3.8) is 0 Å². The van der Waals surface area contributed by atoms with E-state index in [1.165, 1.54) is 12.1 Å². The van der Waals surface area contributed by atoms with Crippen molar-refractivity contribution in [2.45, 2.75) is 0 Å². The third-order valence-electron chi connectivity index (χ3n) is 4.45. The van der Waals surface area contributed by atoms with Gasteiger partial charge in [0.25, 0.3) is 5.91 Å². The highest BCUT2D eigenvalue weighted by atomic mass is 79.9. The van der Waals surface area contributed by atoms with Crippen molar-refractivity contribution in [2.75, 3.05) is 37.7 Å². The summed E-state index contributed by atoms with van der Waals surface area (Å²) < 4.78 is 19.3.